The Kier molecular flexibility index (Phi) is 4.32. The molecule has 90 valence electrons. The molecule has 0 fully saturated rings. The highest BCUT2D eigenvalue weighted by Gasteiger charge is 2.08. The molecule has 0 aliphatic rings. The van der Waals surface area contributed by atoms with Gasteiger partial charge in [-0.05, 0) is 24.7 Å². The Labute approximate surface area is 96.3 Å². The average Bonchev–Trinajstić information content (AvgIpc) is 2.25. The van der Waals surface area contributed by atoms with Crippen molar-refractivity contribution in [3.05, 3.63) is 24.3 Å². The molecule has 0 amide bonds. The van der Waals surface area contributed by atoms with Crippen LogP contribution in [0.1, 0.15) is 6.92 Å². The van der Waals surface area contributed by atoms with Crippen LogP contribution in [0.15, 0.2) is 29.2 Å². The zero-order valence-corrected chi connectivity index (χ0v) is 10.3. The van der Waals surface area contributed by atoms with Crippen LogP contribution in [0.2, 0.25) is 0 Å². The van der Waals surface area contributed by atoms with Crippen LogP contribution in [0.25, 0.3) is 0 Å². The molecule has 1 atom stereocenters. The van der Waals surface area contributed by atoms with E-state index in [1.807, 2.05) is 6.92 Å². The van der Waals surface area contributed by atoms with E-state index in [-0.39, 0.29) is 10.8 Å². The fraction of sp³-hybridized carbons (Fsp3) is 0.455. The maximum Gasteiger partial charge on any atom is 0.175 e. The van der Waals surface area contributed by atoms with Gasteiger partial charge in [0, 0.05) is 12.2 Å². The molecule has 1 rings (SSSR count). The highest BCUT2D eigenvalue weighted by molar-refractivity contribution is 7.90. The summed E-state index contributed by atoms with van der Waals surface area (Å²) >= 11 is 0. The molecule has 2 N–H and O–H groups in total. The number of hydrogen-bond acceptors (Lipinski definition) is 4. The van der Waals surface area contributed by atoms with Gasteiger partial charge >= 0.3 is 0 Å². The van der Waals surface area contributed by atoms with Crippen LogP contribution in [-0.2, 0) is 9.84 Å². The first kappa shape index (κ1) is 13.0. The molecule has 4 nitrogen and oxygen atoms in total. The van der Waals surface area contributed by atoms with Gasteiger partial charge in [0.25, 0.3) is 0 Å². The highest BCUT2D eigenvalue weighted by atomic mass is 32.2. The van der Waals surface area contributed by atoms with E-state index in [1.165, 1.54) is 12.3 Å². The number of rotatable bonds is 5. The van der Waals surface area contributed by atoms with Gasteiger partial charge < -0.3 is 10.5 Å². The van der Waals surface area contributed by atoms with Gasteiger partial charge in [0.15, 0.2) is 9.84 Å². The Hall–Kier alpha value is -1.07. The van der Waals surface area contributed by atoms with Crippen LogP contribution in [-0.4, -0.2) is 27.8 Å². The summed E-state index contributed by atoms with van der Waals surface area (Å²) in [5.41, 5.74) is 5.46. The third-order valence-corrected chi connectivity index (χ3v) is 3.28. The summed E-state index contributed by atoms with van der Waals surface area (Å²) in [6.45, 7) is 3.01. The highest BCUT2D eigenvalue weighted by Crippen LogP contribution is 2.17. The van der Waals surface area contributed by atoms with Gasteiger partial charge in [0.2, 0.25) is 0 Å². The summed E-state index contributed by atoms with van der Waals surface area (Å²) in [6, 6.07) is 6.48. The van der Waals surface area contributed by atoms with Crippen molar-refractivity contribution in [2.75, 3.05) is 19.4 Å². The molecule has 0 aromatic heterocycles. The molecule has 0 aliphatic carbocycles. The third kappa shape index (κ3) is 3.83. The molecule has 0 aliphatic heterocycles. The van der Waals surface area contributed by atoms with Gasteiger partial charge in [-0.2, -0.15) is 0 Å². The third-order valence-electron chi connectivity index (χ3n) is 2.17. The fourth-order valence-electron chi connectivity index (χ4n) is 1.10. The number of hydrogen-bond donors (Lipinski definition) is 1. The van der Waals surface area contributed by atoms with Crippen molar-refractivity contribution in [1.82, 2.24) is 0 Å². The molecule has 0 saturated heterocycles. The van der Waals surface area contributed by atoms with E-state index in [9.17, 15) is 8.42 Å². The quantitative estimate of drug-likeness (QED) is 0.839. The van der Waals surface area contributed by atoms with Gasteiger partial charge in [0.05, 0.1) is 11.5 Å². The van der Waals surface area contributed by atoms with E-state index in [0.29, 0.717) is 18.9 Å². The number of sulfone groups is 1. The molecule has 0 saturated carbocycles. The molecular formula is C11H17NO3S. The lowest BCUT2D eigenvalue weighted by Gasteiger charge is -2.11. The summed E-state index contributed by atoms with van der Waals surface area (Å²) in [5, 5.41) is 0. The number of benzene rings is 1. The van der Waals surface area contributed by atoms with E-state index < -0.39 is 9.84 Å². The fourth-order valence-corrected chi connectivity index (χ4v) is 1.76. The summed E-state index contributed by atoms with van der Waals surface area (Å²) in [5.74, 6) is 0.810. The van der Waals surface area contributed by atoms with Gasteiger partial charge in [-0.25, -0.2) is 8.42 Å². The molecule has 1 unspecified atom stereocenters. The second kappa shape index (κ2) is 5.32. The first-order valence-corrected chi connectivity index (χ1v) is 6.95. The Morgan fingerprint density at radius 3 is 2.69 bits per heavy atom. The average molecular weight is 243 g/mol. The Balaban J connectivity index is 2.76. The van der Waals surface area contributed by atoms with Crippen molar-refractivity contribution < 1.29 is 13.2 Å². The van der Waals surface area contributed by atoms with Gasteiger partial charge in [0.1, 0.15) is 5.75 Å². The summed E-state index contributed by atoms with van der Waals surface area (Å²) in [6.07, 6.45) is 1.18. The van der Waals surface area contributed by atoms with Crippen molar-refractivity contribution in [2.24, 2.45) is 11.7 Å². The molecular weight excluding hydrogens is 226 g/mol. The molecule has 5 heteroatoms. The minimum absolute atomic E-state index is 0.252. The number of ether oxygens (including phenoxy) is 1. The Morgan fingerprint density at radius 2 is 2.12 bits per heavy atom. The lowest BCUT2D eigenvalue weighted by molar-refractivity contribution is 0.263. The van der Waals surface area contributed by atoms with Gasteiger partial charge in [-0.3, -0.25) is 0 Å². The molecule has 16 heavy (non-hydrogen) atoms. The lowest BCUT2D eigenvalue weighted by Crippen LogP contribution is -2.18. The zero-order valence-electron chi connectivity index (χ0n) is 9.51. The smallest absolute Gasteiger partial charge is 0.175 e. The maximum absolute atomic E-state index is 11.3. The van der Waals surface area contributed by atoms with Crippen molar-refractivity contribution in [3.63, 3.8) is 0 Å². The van der Waals surface area contributed by atoms with Gasteiger partial charge in [-0.15, -0.1) is 0 Å². The predicted molar refractivity (Wildman–Crippen MR) is 63.3 cm³/mol. The van der Waals surface area contributed by atoms with E-state index in [2.05, 4.69) is 0 Å². The minimum Gasteiger partial charge on any atom is -0.493 e. The van der Waals surface area contributed by atoms with E-state index in [4.69, 9.17) is 10.5 Å². The summed E-state index contributed by atoms with van der Waals surface area (Å²) in [4.78, 5) is 0.269. The normalized spacial score (nSPS) is 13.4. The van der Waals surface area contributed by atoms with Crippen LogP contribution in [0, 0.1) is 5.92 Å². The van der Waals surface area contributed by atoms with Crippen LogP contribution in [0.5, 0.6) is 5.75 Å². The topological polar surface area (TPSA) is 69.4 Å². The van der Waals surface area contributed by atoms with Crippen molar-refractivity contribution in [1.29, 1.82) is 0 Å². The van der Waals surface area contributed by atoms with E-state index in [0.717, 1.165) is 0 Å². The first-order valence-electron chi connectivity index (χ1n) is 5.06. The van der Waals surface area contributed by atoms with E-state index in [1.54, 1.807) is 18.2 Å². The van der Waals surface area contributed by atoms with Crippen molar-refractivity contribution >= 4 is 9.84 Å². The van der Waals surface area contributed by atoms with Crippen LogP contribution < -0.4 is 10.5 Å². The second-order valence-electron chi connectivity index (χ2n) is 3.90. The summed E-state index contributed by atoms with van der Waals surface area (Å²) < 4.78 is 28.1. The lowest BCUT2D eigenvalue weighted by atomic mass is 10.2. The predicted octanol–water partition coefficient (Wildman–Crippen LogP) is 1.06. The van der Waals surface area contributed by atoms with E-state index >= 15 is 0 Å². The largest absolute Gasteiger partial charge is 0.493 e. The number of nitrogens with two attached hydrogens (primary N) is 1. The van der Waals surface area contributed by atoms with Crippen LogP contribution >= 0.6 is 0 Å². The second-order valence-corrected chi connectivity index (χ2v) is 5.91. The summed E-state index contributed by atoms with van der Waals surface area (Å²) in [7, 11) is -3.17. The SMILES string of the molecule is CC(CN)COc1cccc(S(C)(=O)=O)c1. The Morgan fingerprint density at radius 1 is 1.44 bits per heavy atom. The Bertz CT molecular complexity index is 442. The first-order chi connectivity index (χ1) is 7.43. The molecule has 1 aromatic carbocycles. The van der Waals surface area contributed by atoms with Crippen molar-refractivity contribution in [2.45, 2.75) is 11.8 Å². The van der Waals surface area contributed by atoms with Crippen LogP contribution in [0.3, 0.4) is 0 Å². The maximum atomic E-state index is 11.3. The molecule has 0 radical (unpaired) electrons. The minimum atomic E-state index is -3.17. The molecule has 0 bridgehead atoms. The molecule has 0 heterocycles. The van der Waals surface area contributed by atoms with Gasteiger partial charge in [-0.1, -0.05) is 13.0 Å². The standard InChI is InChI=1S/C11H17NO3S/c1-9(7-12)8-15-10-4-3-5-11(6-10)16(2,13)14/h3-6,9H,7-8,12H2,1-2H3. The van der Waals surface area contributed by atoms with Crippen LogP contribution in [0.4, 0.5) is 0 Å². The molecule has 0 spiro atoms. The monoisotopic (exact) mass is 243 g/mol. The zero-order chi connectivity index (χ0) is 12.2. The molecule has 1 aromatic rings. The van der Waals surface area contributed by atoms with Crippen molar-refractivity contribution in [3.8, 4) is 5.75 Å².